The third kappa shape index (κ3) is 1.63. The second-order valence-electron chi connectivity index (χ2n) is 2.47. The maximum absolute atomic E-state index is 11.9. The molecule has 0 aromatic rings. The fourth-order valence-corrected chi connectivity index (χ4v) is 1.17. The highest BCUT2D eigenvalue weighted by Crippen LogP contribution is 2.11. The molecule has 54 valence electrons. The molecule has 1 fully saturated rings. The molecule has 2 unspecified atom stereocenters. The Bertz CT molecular complexity index is 79.1. The Morgan fingerprint density at radius 3 is 2.44 bits per heavy atom. The summed E-state index contributed by atoms with van der Waals surface area (Å²) >= 11 is 0. The first-order valence-corrected chi connectivity index (χ1v) is 3.29. The van der Waals surface area contributed by atoms with Crippen LogP contribution in [0.15, 0.2) is 0 Å². The van der Waals surface area contributed by atoms with Crippen molar-refractivity contribution in [3.8, 4) is 0 Å². The monoisotopic (exact) mass is 133 g/mol. The van der Waals surface area contributed by atoms with Gasteiger partial charge in [0.05, 0.1) is 6.61 Å². The smallest absolute Gasteiger partial charge is 0.105 e. The average Bonchev–Trinajstić information content (AvgIpc) is 2.34. The fraction of sp³-hybridized carbons (Fsp3) is 1.00. The van der Waals surface area contributed by atoms with Gasteiger partial charge in [-0.25, -0.2) is 4.39 Å². The van der Waals surface area contributed by atoms with Gasteiger partial charge in [0.15, 0.2) is 0 Å². The van der Waals surface area contributed by atoms with Gasteiger partial charge in [-0.3, -0.25) is 0 Å². The highest BCUT2D eigenvalue weighted by Gasteiger charge is 2.21. The Kier molecular flexibility index (Phi) is 2.42. The number of hydrogen-bond acceptors (Lipinski definition) is 2. The summed E-state index contributed by atoms with van der Waals surface area (Å²) in [5, 5.41) is 11.6. The lowest BCUT2D eigenvalue weighted by Crippen LogP contribution is -2.32. The van der Waals surface area contributed by atoms with Gasteiger partial charge in [-0.1, -0.05) is 0 Å². The second-order valence-corrected chi connectivity index (χ2v) is 2.47. The summed E-state index contributed by atoms with van der Waals surface area (Å²) in [4.78, 5) is 0. The van der Waals surface area contributed by atoms with Crippen molar-refractivity contribution < 1.29 is 9.50 Å². The van der Waals surface area contributed by atoms with Crippen molar-refractivity contribution in [2.75, 3.05) is 13.3 Å². The first-order chi connectivity index (χ1) is 4.36. The largest absolute Gasteiger partial charge is 0.395 e. The van der Waals surface area contributed by atoms with Crippen LogP contribution in [0.1, 0.15) is 12.8 Å². The molecular formula is C6H12FNO. The molecule has 0 radical (unpaired) electrons. The van der Waals surface area contributed by atoms with Crippen molar-refractivity contribution in [2.45, 2.75) is 24.9 Å². The summed E-state index contributed by atoms with van der Waals surface area (Å²) in [6.45, 7) is -0.174. The predicted octanol–water partition coefficient (Wildman–Crippen LogP) is 0.0688. The van der Waals surface area contributed by atoms with Gasteiger partial charge < -0.3 is 10.4 Å². The van der Waals surface area contributed by atoms with Crippen LogP contribution < -0.4 is 5.32 Å². The number of nitrogens with one attached hydrogen (secondary N) is 1. The molecule has 1 aliphatic heterocycles. The van der Waals surface area contributed by atoms with Gasteiger partial charge >= 0.3 is 0 Å². The predicted molar refractivity (Wildman–Crippen MR) is 33.0 cm³/mol. The highest BCUT2D eigenvalue weighted by atomic mass is 19.1. The molecule has 2 atom stereocenters. The maximum atomic E-state index is 11.9. The van der Waals surface area contributed by atoms with Crippen LogP contribution in [0.5, 0.6) is 0 Å². The summed E-state index contributed by atoms with van der Waals surface area (Å²) in [6, 6.07) is 0.146. The zero-order valence-corrected chi connectivity index (χ0v) is 5.31. The van der Waals surface area contributed by atoms with E-state index in [-0.39, 0.29) is 25.4 Å². The van der Waals surface area contributed by atoms with Crippen LogP contribution in [0.25, 0.3) is 0 Å². The van der Waals surface area contributed by atoms with E-state index in [1.807, 2.05) is 0 Å². The Morgan fingerprint density at radius 2 is 2.11 bits per heavy atom. The lowest BCUT2D eigenvalue weighted by molar-refractivity contribution is 0.248. The second kappa shape index (κ2) is 3.13. The molecular weight excluding hydrogens is 121 g/mol. The van der Waals surface area contributed by atoms with Crippen LogP contribution >= 0.6 is 0 Å². The zero-order valence-electron chi connectivity index (χ0n) is 5.31. The molecule has 0 bridgehead atoms. The molecule has 2 nitrogen and oxygen atoms in total. The Morgan fingerprint density at radius 1 is 1.44 bits per heavy atom. The Labute approximate surface area is 54.1 Å². The Hall–Kier alpha value is -0.150. The van der Waals surface area contributed by atoms with Gasteiger partial charge in [0.25, 0.3) is 0 Å². The normalized spacial score (nSPS) is 35.3. The summed E-state index contributed by atoms with van der Waals surface area (Å²) in [5.41, 5.74) is 0. The maximum Gasteiger partial charge on any atom is 0.105 e. The fourth-order valence-electron chi connectivity index (χ4n) is 1.17. The van der Waals surface area contributed by atoms with E-state index in [1.54, 1.807) is 0 Å². The molecule has 0 saturated carbocycles. The van der Waals surface area contributed by atoms with E-state index < -0.39 is 0 Å². The first kappa shape index (κ1) is 6.96. The molecule has 0 spiro atoms. The van der Waals surface area contributed by atoms with Gasteiger partial charge in [0.1, 0.15) is 6.67 Å². The highest BCUT2D eigenvalue weighted by molar-refractivity contribution is 4.81. The molecule has 0 aromatic heterocycles. The number of aliphatic hydroxyl groups is 1. The number of aliphatic hydroxyl groups excluding tert-OH is 1. The third-order valence-corrected chi connectivity index (χ3v) is 1.74. The van der Waals surface area contributed by atoms with E-state index in [1.165, 1.54) is 0 Å². The molecule has 3 heteroatoms. The molecule has 2 N–H and O–H groups in total. The molecule has 1 rings (SSSR count). The van der Waals surface area contributed by atoms with Crippen LogP contribution in [-0.2, 0) is 0 Å². The van der Waals surface area contributed by atoms with Gasteiger partial charge in [0, 0.05) is 12.1 Å². The number of halogens is 1. The molecule has 0 amide bonds. The van der Waals surface area contributed by atoms with Crippen LogP contribution in [0.4, 0.5) is 4.39 Å². The quantitative estimate of drug-likeness (QED) is 0.558. The molecule has 1 heterocycles. The summed E-state index contributed by atoms with van der Waals surface area (Å²) in [5.74, 6) is 0. The van der Waals surface area contributed by atoms with Crippen LogP contribution in [0.3, 0.4) is 0 Å². The van der Waals surface area contributed by atoms with Gasteiger partial charge in [-0.2, -0.15) is 0 Å². The lowest BCUT2D eigenvalue weighted by atomic mass is 10.2. The van der Waals surface area contributed by atoms with E-state index in [9.17, 15) is 4.39 Å². The standard InChI is InChI=1S/C6H12FNO/c7-3-5-1-2-6(4-9)8-5/h5-6,8-9H,1-4H2. The van der Waals surface area contributed by atoms with Crippen LogP contribution in [-0.4, -0.2) is 30.5 Å². The summed E-state index contributed by atoms with van der Waals surface area (Å²) < 4.78 is 11.9. The van der Waals surface area contributed by atoms with Crippen molar-refractivity contribution in [1.82, 2.24) is 5.32 Å². The molecule has 1 aliphatic rings. The van der Waals surface area contributed by atoms with Crippen molar-refractivity contribution in [3.63, 3.8) is 0 Å². The van der Waals surface area contributed by atoms with E-state index in [4.69, 9.17) is 5.11 Å². The molecule has 1 saturated heterocycles. The van der Waals surface area contributed by atoms with Gasteiger partial charge in [-0.15, -0.1) is 0 Å². The minimum absolute atomic E-state index is 0.00199. The molecule has 0 aliphatic carbocycles. The van der Waals surface area contributed by atoms with Crippen molar-refractivity contribution >= 4 is 0 Å². The zero-order chi connectivity index (χ0) is 6.69. The van der Waals surface area contributed by atoms with Crippen LogP contribution in [0, 0.1) is 0 Å². The number of rotatable bonds is 2. The van der Waals surface area contributed by atoms with E-state index in [0.717, 1.165) is 12.8 Å². The lowest BCUT2D eigenvalue weighted by Gasteiger charge is -2.07. The molecule has 9 heavy (non-hydrogen) atoms. The topological polar surface area (TPSA) is 32.3 Å². The van der Waals surface area contributed by atoms with E-state index in [0.29, 0.717) is 0 Å². The summed E-state index contributed by atoms with van der Waals surface area (Å²) in [7, 11) is 0. The van der Waals surface area contributed by atoms with Gasteiger partial charge in [-0.05, 0) is 12.8 Å². The third-order valence-electron chi connectivity index (χ3n) is 1.74. The van der Waals surface area contributed by atoms with Crippen molar-refractivity contribution in [1.29, 1.82) is 0 Å². The Balaban J connectivity index is 2.20. The average molecular weight is 133 g/mol. The summed E-state index contributed by atoms with van der Waals surface area (Å²) in [6.07, 6.45) is 1.77. The minimum Gasteiger partial charge on any atom is -0.395 e. The van der Waals surface area contributed by atoms with Gasteiger partial charge in [0.2, 0.25) is 0 Å². The SMILES string of the molecule is OCC1CCC(CF)N1. The number of hydrogen-bond donors (Lipinski definition) is 2. The van der Waals surface area contributed by atoms with Crippen LogP contribution in [0.2, 0.25) is 0 Å². The van der Waals surface area contributed by atoms with E-state index >= 15 is 0 Å². The number of alkyl halides is 1. The molecule has 0 aromatic carbocycles. The first-order valence-electron chi connectivity index (χ1n) is 3.29. The van der Waals surface area contributed by atoms with Crippen molar-refractivity contribution in [2.24, 2.45) is 0 Å². The minimum atomic E-state index is -0.309. The van der Waals surface area contributed by atoms with E-state index in [2.05, 4.69) is 5.32 Å². The van der Waals surface area contributed by atoms with Crippen molar-refractivity contribution in [3.05, 3.63) is 0 Å².